The Morgan fingerprint density at radius 3 is 2.52 bits per heavy atom. The van der Waals surface area contributed by atoms with Crippen LogP contribution < -0.4 is 9.80 Å². The molecule has 0 amide bonds. The minimum Gasteiger partial charge on any atom is -0.378 e. The highest BCUT2D eigenvalue weighted by Crippen LogP contribution is 2.31. The molecule has 0 bridgehead atoms. The molecule has 0 N–H and O–H groups in total. The van der Waals surface area contributed by atoms with Gasteiger partial charge in [0.1, 0.15) is 17.4 Å². The molecule has 1 fully saturated rings. The Hall–Kier alpha value is -2.51. The summed E-state index contributed by atoms with van der Waals surface area (Å²) >= 11 is 6.28. The molecule has 0 spiro atoms. The van der Waals surface area contributed by atoms with Gasteiger partial charge in [-0.2, -0.15) is 4.98 Å². The van der Waals surface area contributed by atoms with E-state index in [1.54, 1.807) is 6.33 Å². The zero-order valence-electron chi connectivity index (χ0n) is 14.8. The fraction of sp³-hybridized carbons (Fsp3) is 0.368. The Kier molecular flexibility index (Phi) is 4.26. The van der Waals surface area contributed by atoms with Gasteiger partial charge in [0.25, 0.3) is 0 Å². The number of anilines is 2. The Labute approximate surface area is 162 Å². The van der Waals surface area contributed by atoms with E-state index in [-0.39, 0.29) is 5.28 Å². The molecule has 7 nitrogen and oxygen atoms in total. The number of hydrogen-bond donors (Lipinski definition) is 0. The molecule has 2 aromatic heterocycles. The average Bonchev–Trinajstić information content (AvgIpc) is 2.73. The molecule has 0 aliphatic carbocycles. The van der Waals surface area contributed by atoms with Gasteiger partial charge in [-0.15, -0.1) is 0 Å². The molecule has 5 rings (SSSR count). The smallest absolute Gasteiger partial charge is 0.225 e. The lowest BCUT2D eigenvalue weighted by atomic mass is 10.00. The van der Waals surface area contributed by atoms with Crippen LogP contribution in [0.15, 0.2) is 30.6 Å². The summed E-state index contributed by atoms with van der Waals surface area (Å²) in [4.78, 5) is 22.4. The highest BCUT2D eigenvalue weighted by Gasteiger charge is 2.24. The molecule has 2 aliphatic heterocycles. The van der Waals surface area contributed by atoms with Gasteiger partial charge >= 0.3 is 0 Å². The summed E-state index contributed by atoms with van der Waals surface area (Å²) in [7, 11) is 0. The van der Waals surface area contributed by atoms with Crippen molar-refractivity contribution in [3.05, 3.63) is 47.0 Å². The third kappa shape index (κ3) is 3.07. The van der Waals surface area contributed by atoms with Gasteiger partial charge in [-0.1, -0.05) is 24.3 Å². The summed E-state index contributed by atoms with van der Waals surface area (Å²) in [5, 5.41) is 0.220. The maximum absolute atomic E-state index is 6.28. The van der Waals surface area contributed by atoms with Crippen molar-refractivity contribution in [2.75, 3.05) is 42.6 Å². The van der Waals surface area contributed by atoms with Crippen molar-refractivity contribution in [2.45, 2.75) is 13.0 Å². The summed E-state index contributed by atoms with van der Waals surface area (Å²) < 4.78 is 5.46. The van der Waals surface area contributed by atoms with Gasteiger partial charge in [0.15, 0.2) is 11.6 Å². The summed E-state index contributed by atoms with van der Waals surface area (Å²) in [5.41, 5.74) is 4.17. The summed E-state index contributed by atoms with van der Waals surface area (Å²) in [6.45, 7) is 4.56. The molecule has 138 valence electrons. The van der Waals surface area contributed by atoms with E-state index in [9.17, 15) is 0 Å². The largest absolute Gasteiger partial charge is 0.378 e. The van der Waals surface area contributed by atoms with Gasteiger partial charge in [-0.25, -0.2) is 15.0 Å². The van der Waals surface area contributed by atoms with Crippen molar-refractivity contribution < 1.29 is 4.74 Å². The van der Waals surface area contributed by atoms with Gasteiger partial charge < -0.3 is 14.5 Å². The van der Waals surface area contributed by atoms with Gasteiger partial charge in [0, 0.05) is 26.2 Å². The van der Waals surface area contributed by atoms with Gasteiger partial charge in [-0.05, 0) is 29.1 Å². The number of aromatic nitrogens is 4. The SMILES string of the molecule is Clc1nc(N2CCOCC2)c2ncnc(N3CCc4ccccc4C3)c2n1. The van der Waals surface area contributed by atoms with Crippen LogP contribution in [0, 0.1) is 0 Å². The average molecular weight is 383 g/mol. The van der Waals surface area contributed by atoms with E-state index >= 15 is 0 Å². The van der Waals surface area contributed by atoms with Gasteiger partial charge in [0.05, 0.1) is 13.2 Å². The zero-order chi connectivity index (χ0) is 18.2. The molecule has 27 heavy (non-hydrogen) atoms. The number of nitrogens with zero attached hydrogens (tertiary/aromatic N) is 6. The van der Waals surface area contributed by atoms with E-state index < -0.39 is 0 Å². The van der Waals surface area contributed by atoms with Crippen molar-refractivity contribution in [3.8, 4) is 0 Å². The van der Waals surface area contributed by atoms with E-state index in [4.69, 9.17) is 16.3 Å². The molecule has 3 aromatic rings. The fourth-order valence-corrected chi connectivity index (χ4v) is 3.96. The Bertz CT molecular complexity index is 991. The predicted octanol–water partition coefficient (Wildman–Crippen LogP) is 2.47. The maximum atomic E-state index is 6.28. The molecule has 1 saturated heterocycles. The van der Waals surface area contributed by atoms with E-state index in [2.05, 4.69) is 54.0 Å². The molecule has 1 aromatic carbocycles. The van der Waals surface area contributed by atoms with Crippen molar-refractivity contribution in [1.29, 1.82) is 0 Å². The first-order valence-electron chi connectivity index (χ1n) is 9.12. The molecular formula is C19H19ClN6O. The van der Waals surface area contributed by atoms with Crippen molar-refractivity contribution in [3.63, 3.8) is 0 Å². The first-order valence-corrected chi connectivity index (χ1v) is 9.50. The Morgan fingerprint density at radius 2 is 1.67 bits per heavy atom. The number of halogens is 1. The van der Waals surface area contributed by atoms with Gasteiger partial charge in [-0.3, -0.25) is 0 Å². The lowest BCUT2D eigenvalue weighted by Crippen LogP contribution is -2.37. The van der Waals surface area contributed by atoms with Crippen molar-refractivity contribution in [2.24, 2.45) is 0 Å². The van der Waals surface area contributed by atoms with E-state index in [1.807, 2.05) is 0 Å². The van der Waals surface area contributed by atoms with Crippen LogP contribution in [-0.4, -0.2) is 52.8 Å². The molecule has 0 radical (unpaired) electrons. The second-order valence-electron chi connectivity index (χ2n) is 6.75. The van der Waals surface area contributed by atoms with E-state index in [0.717, 1.165) is 49.8 Å². The van der Waals surface area contributed by atoms with Crippen LogP contribution in [-0.2, 0) is 17.7 Å². The molecule has 8 heteroatoms. The number of rotatable bonds is 2. The topological polar surface area (TPSA) is 67.3 Å². The number of ether oxygens (including phenoxy) is 1. The Balaban J connectivity index is 1.59. The van der Waals surface area contributed by atoms with Crippen LogP contribution in [0.4, 0.5) is 11.6 Å². The molecule has 4 heterocycles. The summed E-state index contributed by atoms with van der Waals surface area (Å²) in [6, 6.07) is 8.54. The molecule has 0 saturated carbocycles. The monoisotopic (exact) mass is 382 g/mol. The number of benzene rings is 1. The number of morpholine rings is 1. The summed E-state index contributed by atoms with van der Waals surface area (Å²) in [6.07, 6.45) is 2.58. The number of hydrogen-bond acceptors (Lipinski definition) is 7. The highest BCUT2D eigenvalue weighted by atomic mass is 35.5. The van der Waals surface area contributed by atoms with Crippen LogP contribution >= 0.6 is 11.6 Å². The lowest BCUT2D eigenvalue weighted by molar-refractivity contribution is 0.122. The van der Waals surface area contributed by atoms with E-state index in [0.29, 0.717) is 18.7 Å². The first kappa shape index (κ1) is 16.6. The van der Waals surface area contributed by atoms with E-state index in [1.165, 1.54) is 11.1 Å². The highest BCUT2D eigenvalue weighted by molar-refractivity contribution is 6.29. The second kappa shape index (κ2) is 6.90. The number of fused-ring (bicyclic) bond motifs is 2. The lowest BCUT2D eigenvalue weighted by Gasteiger charge is -2.31. The van der Waals surface area contributed by atoms with Crippen LogP contribution in [0.5, 0.6) is 0 Å². The molecule has 0 atom stereocenters. The first-order chi connectivity index (χ1) is 13.3. The van der Waals surface area contributed by atoms with Crippen LogP contribution in [0.2, 0.25) is 5.28 Å². The van der Waals surface area contributed by atoms with Crippen molar-refractivity contribution >= 4 is 34.3 Å². The quantitative estimate of drug-likeness (QED) is 0.631. The molecule has 2 aliphatic rings. The second-order valence-corrected chi connectivity index (χ2v) is 7.09. The van der Waals surface area contributed by atoms with Crippen molar-refractivity contribution in [1.82, 2.24) is 19.9 Å². The van der Waals surface area contributed by atoms with Crippen LogP contribution in [0.25, 0.3) is 11.0 Å². The third-order valence-electron chi connectivity index (χ3n) is 5.16. The Morgan fingerprint density at radius 1 is 0.852 bits per heavy atom. The minimum absolute atomic E-state index is 0.220. The molecule has 0 unspecified atom stereocenters. The predicted molar refractivity (Wildman–Crippen MR) is 104 cm³/mol. The maximum Gasteiger partial charge on any atom is 0.225 e. The minimum atomic E-state index is 0.220. The molecular weight excluding hydrogens is 364 g/mol. The normalized spacial score (nSPS) is 17.2. The zero-order valence-corrected chi connectivity index (χ0v) is 15.6. The standard InChI is InChI=1S/C19H19ClN6O/c20-19-23-16-15(18(24-19)25-7-9-27-10-8-25)21-12-22-17(16)26-6-5-13-3-1-2-4-14(13)11-26/h1-4,12H,5-11H2. The summed E-state index contributed by atoms with van der Waals surface area (Å²) in [5.74, 6) is 1.57. The third-order valence-corrected chi connectivity index (χ3v) is 5.33. The van der Waals surface area contributed by atoms with Crippen LogP contribution in [0.1, 0.15) is 11.1 Å². The van der Waals surface area contributed by atoms with Crippen LogP contribution in [0.3, 0.4) is 0 Å². The fourth-order valence-electron chi connectivity index (χ4n) is 3.80. The van der Waals surface area contributed by atoms with Gasteiger partial charge in [0.2, 0.25) is 5.28 Å².